The molecule has 1 amide bonds. The SMILES string of the molecule is Cc1ccc(OCCC(=O)NC(C)c2ccc(Cl)cc2)cc1. The zero-order valence-electron chi connectivity index (χ0n) is 12.8. The van der Waals surface area contributed by atoms with Crippen molar-refractivity contribution in [1.29, 1.82) is 0 Å². The first-order valence-electron chi connectivity index (χ1n) is 7.29. The summed E-state index contributed by atoms with van der Waals surface area (Å²) in [5.74, 6) is 0.749. The molecule has 0 radical (unpaired) electrons. The van der Waals surface area contributed by atoms with E-state index in [1.54, 1.807) is 0 Å². The zero-order valence-corrected chi connectivity index (χ0v) is 13.6. The van der Waals surface area contributed by atoms with Gasteiger partial charge in [0.2, 0.25) is 5.91 Å². The molecule has 2 rings (SSSR count). The van der Waals surface area contributed by atoms with Crippen LogP contribution in [-0.4, -0.2) is 12.5 Å². The molecule has 2 aromatic carbocycles. The van der Waals surface area contributed by atoms with Gasteiger partial charge in [-0.2, -0.15) is 0 Å². The number of hydrogen-bond donors (Lipinski definition) is 1. The lowest BCUT2D eigenvalue weighted by Gasteiger charge is -2.14. The minimum absolute atomic E-state index is 0.0328. The average Bonchev–Trinajstić information content (AvgIpc) is 2.50. The van der Waals surface area contributed by atoms with Crippen LogP contribution >= 0.6 is 11.6 Å². The third kappa shape index (κ3) is 5.08. The third-order valence-electron chi connectivity index (χ3n) is 3.37. The van der Waals surface area contributed by atoms with Gasteiger partial charge in [-0.1, -0.05) is 41.4 Å². The van der Waals surface area contributed by atoms with Crippen molar-refractivity contribution in [2.45, 2.75) is 26.3 Å². The minimum Gasteiger partial charge on any atom is -0.493 e. The van der Waals surface area contributed by atoms with Crippen LogP contribution in [0.3, 0.4) is 0 Å². The van der Waals surface area contributed by atoms with Gasteiger partial charge in [0.15, 0.2) is 0 Å². The Morgan fingerprint density at radius 3 is 2.41 bits per heavy atom. The Balaban J connectivity index is 1.75. The molecule has 0 aromatic heterocycles. The second-order valence-corrected chi connectivity index (χ2v) is 5.69. The molecule has 0 bridgehead atoms. The van der Waals surface area contributed by atoms with Gasteiger partial charge in [0.1, 0.15) is 5.75 Å². The molecule has 116 valence electrons. The predicted molar refractivity (Wildman–Crippen MR) is 89.3 cm³/mol. The van der Waals surface area contributed by atoms with Crippen molar-refractivity contribution in [3.63, 3.8) is 0 Å². The Morgan fingerprint density at radius 1 is 1.14 bits per heavy atom. The van der Waals surface area contributed by atoms with Crippen molar-refractivity contribution in [2.24, 2.45) is 0 Å². The normalized spacial score (nSPS) is 11.8. The standard InChI is InChI=1S/C18H20ClNO2/c1-13-3-9-17(10-4-13)22-12-11-18(21)20-14(2)15-5-7-16(19)8-6-15/h3-10,14H,11-12H2,1-2H3,(H,20,21). The summed E-state index contributed by atoms with van der Waals surface area (Å²) in [6, 6.07) is 15.2. The summed E-state index contributed by atoms with van der Waals surface area (Å²) in [7, 11) is 0. The van der Waals surface area contributed by atoms with E-state index in [0.29, 0.717) is 18.1 Å². The predicted octanol–water partition coefficient (Wildman–Crippen LogP) is 4.29. The van der Waals surface area contributed by atoms with Gasteiger partial charge in [-0.25, -0.2) is 0 Å². The van der Waals surface area contributed by atoms with Crippen LogP contribution in [0.2, 0.25) is 5.02 Å². The van der Waals surface area contributed by atoms with Crippen molar-refractivity contribution in [3.05, 3.63) is 64.7 Å². The van der Waals surface area contributed by atoms with Gasteiger partial charge in [0.25, 0.3) is 0 Å². The van der Waals surface area contributed by atoms with Crippen LogP contribution < -0.4 is 10.1 Å². The fourth-order valence-corrected chi connectivity index (χ4v) is 2.17. The van der Waals surface area contributed by atoms with Crippen LogP contribution in [0.5, 0.6) is 5.75 Å². The molecule has 0 aliphatic carbocycles. The lowest BCUT2D eigenvalue weighted by Crippen LogP contribution is -2.27. The van der Waals surface area contributed by atoms with Gasteiger partial charge in [-0.15, -0.1) is 0 Å². The molecule has 0 fully saturated rings. The fraction of sp³-hybridized carbons (Fsp3) is 0.278. The fourth-order valence-electron chi connectivity index (χ4n) is 2.04. The molecular weight excluding hydrogens is 298 g/mol. The largest absolute Gasteiger partial charge is 0.493 e. The Hall–Kier alpha value is -2.00. The Labute approximate surface area is 136 Å². The van der Waals surface area contributed by atoms with Crippen molar-refractivity contribution in [1.82, 2.24) is 5.32 Å². The molecule has 0 aliphatic heterocycles. The number of ether oxygens (including phenoxy) is 1. The van der Waals surface area contributed by atoms with Crippen molar-refractivity contribution in [2.75, 3.05) is 6.61 Å². The van der Waals surface area contributed by atoms with E-state index in [1.165, 1.54) is 5.56 Å². The second-order valence-electron chi connectivity index (χ2n) is 5.25. The van der Waals surface area contributed by atoms with Gasteiger partial charge in [0.05, 0.1) is 19.1 Å². The summed E-state index contributed by atoms with van der Waals surface area (Å²) < 4.78 is 5.56. The number of halogens is 1. The Kier molecular flexibility index (Phi) is 5.84. The first kappa shape index (κ1) is 16.4. The molecule has 1 unspecified atom stereocenters. The third-order valence-corrected chi connectivity index (χ3v) is 3.62. The van der Waals surface area contributed by atoms with Crippen molar-refractivity contribution in [3.8, 4) is 5.75 Å². The highest BCUT2D eigenvalue weighted by atomic mass is 35.5. The molecular formula is C18H20ClNO2. The Bertz CT molecular complexity index is 608. The highest BCUT2D eigenvalue weighted by Gasteiger charge is 2.09. The van der Waals surface area contributed by atoms with Crippen molar-refractivity contribution >= 4 is 17.5 Å². The molecule has 0 saturated carbocycles. The highest BCUT2D eigenvalue weighted by Crippen LogP contribution is 2.16. The van der Waals surface area contributed by atoms with Crippen LogP contribution in [0.25, 0.3) is 0 Å². The van der Waals surface area contributed by atoms with Crippen LogP contribution in [0, 0.1) is 6.92 Å². The second kappa shape index (κ2) is 7.85. The number of benzene rings is 2. The monoisotopic (exact) mass is 317 g/mol. The van der Waals surface area contributed by atoms with Gasteiger partial charge in [0, 0.05) is 5.02 Å². The molecule has 1 N–H and O–H groups in total. The lowest BCUT2D eigenvalue weighted by molar-refractivity contribution is -0.122. The summed E-state index contributed by atoms with van der Waals surface area (Å²) in [6.07, 6.45) is 0.325. The zero-order chi connectivity index (χ0) is 15.9. The summed E-state index contributed by atoms with van der Waals surface area (Å²) in [4.78, 5) is 11.9. The number of carbonyl (C=O) groups excluding carboxylic acids is 1. The van der Waals surface area contributed by atoms with Gasteiger partial charge in [-0.05, 0) is 43.7 Å². The molecule has 0 heterocycles. The van der Waals surface area contributed by atoms with Crippen LogP contribution in [0.4, 0.5) is 0 Å². The summed E-state index contributed by atoms with van der Waals surface area (Å²) in [5.41, 5.74) is 2.21. The first-order chi connectivity index (χ1) is 10.5. The van der Waals surface area contributed by atoms with E-state index in [0.717, 1.165) is 11.3 Å². The molecule has 0 spiro atoms. The number of hydrogen-bond acceptors (Lipinski definition) is 2. The summed E-state index contributed by atoms with van der Waals surface area (Å²) in [5, 5.41) is 3.64. The molecule has 1 atom stereocenters. The van der Waals surface area contributed by atoms with E-state index in [1.807, 2.05) is 62.4 Å². The maximum Gasteiger partial charge on any atom is 0.223 e. The van der Waals surface area contributed by atoms with Gasteiger partial charge >= 0.3 is 0 Å². The molecule has 0 aliphatic rings. The van der Waals surface area contributed by atoms with E-state index in [9.17, 15) is 4.79 Å². The molecule has 3 nitrogen and oxygen atoms in total. The number of aryl methyl sites for hydroxylation is 1. The minimum atomic E-state index is -0.0517. The molecule has 0 saturated heterocycles. The van der Waals surface area contributed by atoms with Crippen LogP contribution in [0.1, 0.15) is 30.5 Å². The van der Waals surface area contributed by atoms with E-state index in [4.69, 9.17) is 16.3 Å². The summed E-state index contributed by atoms with van der Waals surface area (Å²) >= 11 is 5.85. The maximum atomic E-state index is 11.9. The quantitative estimate of drug-likeness (QED) is 0.863. The topological polar surface area (TPSA) is 38.3 Å². The van der Waals surface area contributed by atoms with E-state index in [2.05, 4.69) is 5.32 Å². The van der Waals surface area contributed by atoms with Crippen LogP contribution in [0.15, 0.2) is 48.5 Å². The van der Waals surface area contributed by atoms with Gasteiger partial charge in [-0.3, -0.25) is 4.79 Å². The van der Waals surface area contributed by atoms with E-state index in [-0.39, 0.29) is 11.9 Å². The van der Waals surface area contributed by atoms with Crippen LogP contribution in [-0.2, 0) is 4.79 Å². The van der Waals surface area contributed by atoms with E-state index >= 15 is 0 Å². The smallest absolute Gasteiger partial charge is 0.223 e. The summed E-state index contributed by atoms with van der Waals surface area (Å²) in [6.45, 7) is 4.33. The Morgan fingerprint density at radius 2 is 1.77 bits per heavy atom. The maximum absolute atomic E-state index is 11.9. The first-order valence-corrected chi connectivity index (χ1v) is 7.66. The average molecular weight is 318 g/mol. The molecule has 4 heteroatoms. The van der Waals surface area contributed by atoms with Gasteiger partial charge < -0.3 is 10.1 Å². The number of amides is 1. The highest BCUT2D eigenvalue weighted by molar-refractivity contribution is 6.30. The lowest BCUT2D eigenvalue weighted by atomic mass is 10.1. The number of carbonyl (C=O) groups is 1. The van der Waals surface area contributed by atoms with Crippen molar-refractivity contribution < 1.29 is 9.53 Å². The number of rotatable bonds is 6. The van der Waals surface area contributed by atoms with E-state index < -0.39 is 0 Å². The molecule has 2 aromatic rings. The molecule has 22 heavy (non-hydrogen) atoms. The number of nitrogens with one attached hydrogen (secondary N) is 1.